The Morgan fingerprint density at radius 1 is 1.24 bits per heavy atom. The number of nitrogens with zero attached hydrogens (tertiary/aromatic N) is 1. The van der Waals surface area contributed by atoms with Crippen LogP contribution in [0.4, 0.5) is 11.5 Å². The third kappa shape index (κ3) is 2.33. The second kappa shape index (κ2) is 4.24. The summed E-state index contributed by atoms with van der Waals surface area (Å²) in [5, 5.41) is 7.43. The third-order valence-electron chi connectivity index (χ3n) is 3.17. The number of anilines is 2. The van der Waals surface area contributed by atoms with Gasteiger partial charge >= 0.3 is 0 Å². The summed E-state index contributed by atoms with van der Waals surface area (Å²) in [6.07, 6.45) is 2.71. The van der Waals surface area contributed by atoms with Crippen LogP contribution in [0.3, 0.4) is 0 Å². The van der Waals surface area contributed by atoms with Crippen molar-refractivity contribution in [2.24, 2.45) is 5.92 Å². The zero-order chi connectivity index (χ0) is 11.7. The van der Waals surface area contributed by atoms with E-state index >= 15 is 0 Å². The second-order valence-corrected chi connectivity index (χ2v) is 4.61. The van der Waals surface area contributed by atoms with E-state index in [1.807, 2.05) is 18.2 Å². The maximum absolute atomic E-state index is 4.60. The van der Waals surface area contributed by atoms with Gasteiger partial charge in [0, 0.05) is 24.7 Å². The fraction of sp³-hybridized carbons (Fsp3) is 0.286. The van der Waals surface area contributed by atoms with Gasteiger partial charge in [-0.2, -0.15) is 0 Å². The first-order valence-electron chi connectivity index (χ1n) is 6.03. The lowest BCUT2D eigenvalue weighted by Gasteiger charge is -2.07. The standard InChI is InChI=1S/C14H16N3/c1-15-12-6-4-11-5-7-14(17-13(11)8-12)16-9-10-2-3-10/h4-8,10,15H,1-3,9H2,(H,16,17). The molecule has 1 fully saturated rings. The summed E-state index contributed by atoms with van der Waals surface area (Å²) >= 11 is 0. The lowest BCUT2D eigenvalue weighted by Crippen LogP contribution is -2.04. The summed E-state index contributed by atoms with van der Waals surface area (Å²) in [7, 11) is 3.66. The minimum atomic E-state index is 0.861. The molecule has 0 aliphatic heterocycles. The molecule has 3 nitrogen and oxygen atoms in total. The maximum atomic E-state index is 4.60. The van der Waals surface area contributed by atoms with Gasteiger partial charge in [0.15, 0.2) is 0 Å². The smallest absolute Gasteiger partial charge is 0.126 e. The summed E-state index contributed by atoms with van der Waals surface area (Å²) in [5.41, 5.74) is 1.99. The second-order valence-electron chi connectivity index (χ2n) is 4.61. The van der Waals surface area contributed by atoms with Gasteiger partial charge in [-0.25, -0.2) is 4.98 Å². The molecular formula is C14H16N3. The summed E-state index contributed by atoms with van der Waals surface area (Å²) < 4.78 is 0. The predicted molar refractivity (Wildman–Crippen MR) is 71.9 cm³/mol. The molecule has 0 unspecified atom stereocenters. The van der Waals surface area contributed by atoms with Gasteiger partial charge in [0.2, 0.25) is 0 Å². The molecule has 1 saturated carbocycles. The molecule has 17 heavy (non-hydrogen) atoms. The van der Waals surface area contributed by atoms with Crippen molar-refractivity contribution in [1.82, 2.24) is 4.98 Å². The minimum Gasteiger partial charge on any atom is -0.383 e. The topological polar surface area (TPSA) is 37.0 Å². The SMILES string of the molecule is [CH2]Nc1ccc2ccc(NCC3CC3)nc2c1. The summed E-state index contributed by atoms with van der Waals surface area (Å²) in [4.78, 5) is 4.60. The fourth-order valence-electron chi connectivity index (χ4n) is 1.90. The van der Waals surface area contributed by atoms with Gasteiger partial charge in [0.25, 0.3) is 0 Å². The first-order chi connectivity index (χ1) is 8.35. The van der Waals surface area contributed by atoms with Crippen molar-refractivity contribution in [1.29, 1.82) is 0 Å². The predicted octanol–water partition coefficient (Wildman–Crippen LogP) is 3.26. The highest BCUT2D eigenvalue weighted by Crippen LogP contribution is 2.29. The Morgan fingerprint density at radius 3 is 2.82 bits per heavy atom. The van der Waals surface area contributed by atoms with Gasteiger partial charge in [0.05, 0.1) is 5.52 Å². The minimum absolute atomic E-state index is 0.861. The quantitative estimate of drug-likeness (QED) is 0.840. The van der Waals surface area contributed by atoms with Crippen molar-refractivity contribution in [3.63, 3.8) is 0 Å². The number of hydrogen-bond acceptors (Lipinski definition) is 3. The zero-order valence-corrected chi connectivity index (χ0v) is 9.74. The molecule has 1 aliphatic rings. The van der Waals surface area contributed by atoms with Crippen LogP contribution in [0.1, 0.15) is 12.8 Å². The zero-order valence-electron chi connectivity index (χ0n) is 9.74. The lowest BCUT2D eigenvalue weighted by atomic mass is 10.2. The van der Waals surface area contributed by atoms with Crippen molar-refractivity contribution < 1.29 is 0 Å². The lowest BCUT2D eigenvalue weighted by molar-refractivity contribution is 0.884. The molecule has 1 aromatic carbocycles. The van der Waals surface area contributed by atoms with Gasteiger partial charge in [-0.3, -0.25) is 0 Å². The molecule has 0 spiro atoms. The number of hydrogen-bond donors (Lipinski definition) is 2. The van der Waals surface area contributed by atoms with Crippen LogP contribution in [0, 0.1) is 13.0 Å². The first-order valence-corrected chi connectivity index (χ1v) is 6.03. The molecule has 0 saturated heterocycles. The number of nitrogens with one attached hydrogen (secondary N) is 2. The maximum Gasteiger partial charge on any atom is 0.126 e. The first kappa shape index (κ1) is 10.4. The van der Waals surface area contributed by atoms with E-state index in [-0.39, 0.29) is 0 Å². The average Bonchev–Trinajstić information content (AvgIpc) is 3.19. The molecule has 0 amide bonds. The molecular weight excluding hydrogens is 210 g/mol. The van der Waals surface area contributed by atoms with Crippen LogP contribution in [0.15, 0.2) is 30.3 Å². The Bertz CT molecular complexity index is 532. The number of benzene rings is 1. The van der Waals surface area contributed by atoms with Crippen LogP contribution in [-0.4, -0.2) is 11.5 Å². The molecule has 87 valence electrons. The van der Waals surface area contributed by atoms with E-state index in [2.05, 4.69) is 34.8 Å². The van der Waals surface area contributed by atoms with Crippen molar-refractivity contribution in [3.8, 4) is 0 Å². The molecule has 0 bridgehead atoms. The van der Waals surface area contributed by atoms with Crippen molar-refractivity contribution in [3.05, 3.63) is 37.4 Å². The number of fused-ring (bicyclic) bond motifs is 1. The van der Waals surface area contributed by atoms with Gasteiger partial charge in [-0.05, 0) is 43.0 Å². The molecule has 0 atom stereocenters. The van der Waals surface area contributed by atoms with Crippen molar-refractivity contribution in [2.45, 2.75) is 12.8 Å². The molecule has 2 aromatic rings. The van der Waals surface area contributed by atoms with Gasteiger partial charge in [0.1, 0.15) is 5.82 Å². The Hall–Kier alpha value is -1.77. The fourth-order valence-corrected chi connectivity index (χ4v) is 1.90. The van der Waals surface area contributed by atoms with E-state index in [4.69, 9.17) is 0 Å². The monoisotopic (exact) mass is 226 g/mol. The summed E-state index contributed by atoms with van der Waals surface area (Å²) in [6, 6.07) is 10.2. The Morgan fingerprint density at radius 2 is 2.06 bits per heavy atom. The summed E-state index contributed by atoms with van der Waals surface area (Å²) in [6.45, 7) is 1.05. The van der Waals surface area contributed by atoms with Crippen LogP contribution in [-0.2, 0) is 0 Å². The van der Waals surface area contributed by atoms with Crippen molar-refractivity contribution >= 4 is 22.4 Å². The van der Waals surface area contributed by atoms with Crippen LogP contribution in [0.25, 0.3) is 10.9 Å². The Balaban J connectivity index is 1.86. The van der Waals surface area contributed by atoms with E-state index in [1.165, 1.54) is 12.8 Å². The van der Waals surface area contributed by atoms with Crippen LogP contribution in [0.2, 0.25) is 0 Å². The van der Waals surface area contributed by atoms with Crippen LogP contribution < -0.4 is 10.6 Å². The number of rotatable bonds is 4. The third-order valence-corrected chi connectivity index (χ3v) is 3.17. The molecule has 3 heteroatoms. The van der Waals surface area contributed by atoms with E-state index in [0.717, 1.165) is 34.9 Å². The average molecular weight is 226 g/mol. The number of pyridine rings is 1. The van der Waals surface area contributed by atoms with Crippen LogP contribution >= 0.6 is 0 Å². The van der Waals surface area contributed by atoms with E-state index in [9.17, 15) is 0 Å². The van der Waals surface area contributed by atoms with Gasteiger partial charge < -0.3 is 10.6 Å². The highest BCUT2D eigenvalue weighted by Gasteiger charge is 2.20. The van der Waals surface area contributed by atoms with Crippen LogP contribution in [0.5, 0.6) is 0 Å². The van der Waals surface area contributed by atoms with E-state index in [1.54, 1.807) is 0 Å². The Kier molecular flexibility index (Phi) is 2.59. The van der Waals surface area contributed by atoms with E-state index in [0.29, 0.717) is 0 Å². The molecule has 3 rings (SSSR count). The highest BCUT2D eigenvalue weighted by atomic mass is 15.0. The van der Waals surface area contributed by atoms with Crippen molar-refractivity contribution in [2.75, 3.05) is 17.2 Å². The molecule has 1 aliphatic carbocycles. The normalized spacial score (nSPS) is 14.9. The van der Waals surface area contributed by atoms with E-state index < -0.39 is 0 Å². The van der Waals surface area contributed by atoms with Gasteiger partial charge in [-0.1, -0.05) is 6.07 Å². The molecule has 1 aromatic heterocycles. The summed E-state index contributed by atoms with van der Waals surface area (Å²) in [5.74, 6) is 1.82. The Labute approximate surface area is 101 Å². The molecule has 1 radical (unpaired) electrons. The van der Waals surface area contributed by atoms with Gasteiger partial charge in [-0.15, -0.1) is 0 Å². The molecule has 2 N–H and O–H groups in total. The number of aromatic nitrogens is 1. The highest BCUT2D eigenvalue weighted by molar-refractivity contribution is 5.83. The molecule has 1 heterocycles. The largest absolute Gasteiger partial charge is 0.383 e.